The fourth-order valence-corrected chi connectivity index (χ4v) is 6.00. The number of halogens is 3. The molecule has 1 fully saturated rings. The highest BCUT2D eigenvalue weighted by Crippen LogP contribution is 2.33. The number of carbonyl (C=O) groups is 2. The Bertz CT molecular complexity index is 1650. The highest BCUT2D eigenvalue weighted by Gasteiger charge is 2.32. The van der Waals surface area contributed by atoms with E-state index < -0.39 is 24.4 Å². The molecule has 0 radical (unpaired) electrons. The summed E-state index contributed by atoms with van der Waals surface area (Å²) in [5.41, 5.74) is 4.01. The van der Waals surface area contributed by atoms with Gasteiger partial charge in [0.2, 0.25) is 0 Å². The SMILES string of the molecule is Cc1cc(C(=O)N[C@@H](Cc2ccccc2)[C@@H](O)CNCc2cccc(OC(F)(F)F)c2)cc(C(=O)N2CCCC2c2ccccc2)c1. The van der Waals surface area contributed by atoms with Gasteiger partial charge in [-0.25, -0.2) is 0 Å². The minimum absolute atomic E-state index is 0.0287. The quantitative estimate of drug-likeness (QED) is 0.167. The summed E-state index contributed by atoms with van der Waals surface area (Å²) < 4.78 is 41.9. The minimum Gasteiger partial charge on any atom is -0.406 e. The van der Waals surface area contributed by atoms with Crippen LogP contribution in [0.2, 0.25) is 0 Å². The number of likely N-dealkylation sites (tertiary alicyclic amines) is 1. The summed E-state index contributed by atoms with van der Waals surface area (Å²) >= 11 is 0. The van der Waals surface area contributed by atoms with Crippen LogP contribution in [0.25, 0.3) is 0 Å². The predicted octanol–water partition coefficient (Wildman–Crippen LogP) is 6.36. The van der Waals surface area contributed by atoms with Gasteiger partial charge in [-0.05, 0) is 78.8 Å². The summed E-state index contributed by atoms with van der Waals surface area (Å²) in [5.74, 6) is -0.896. The van der Waals surface area contributed by atoms with Crippen LogP contribution in [0.3, 0.4) is 0 Å². The fraction of sp³-hybridized carbons (Fsp3) is 0.297. The Balaban J connectivity index is 1.28. The Morgan fingerprint density at radius 3 is 2.32 bits per heavy atom. The second-order valence-corrected chi connectivity index (χ2v) is 11.8. The first-order valence-corrected chi connectivity index (χ1v) is 15.6. The van der Waals surface area contributed by atoms with Crippen LogP contribution in [0.15, 0.2) is 103 Å². The van der Waals surface area contributed by atoms with Gasteiger partial charge in [-0.3, -0.25) is 9.59 Å². The molecule has 0 spiro atoms. The van der Waals surface area contributed by atoms with Gasteiger partial charge < -0.3 is 25.4 Å². The highest BCUT2D eigenvalue weighted by molar-refractivity contribution is 6.00. The van der Waals surface area contributed by atoms with Crippen molar-refractivity contribution in [2.45, 2.75) is 57.3 Å². The van der Waals surface area contributed by atoms with Crippen LogP contribution in [0, 0.1) is 6.92 Å². The first kappa shape index (κ1) is 33.7. The maximum Gasteiger partial charge on any atom is 0.573 e. The molecule has 3 atom stereocenters. The average molecular weight is 646 g/mol. The van der Waals surface area contributed by atoms with Crippen molar-refractivity contribution in [3.8, 4) is 5.75 Å². The van der Waals surface area contributed by atoms with Gasteiger partial charge >= 0.3 is 6.36 Å². The first-order chi connectivity index (χ1) is 22.6. The van der Waals surface area contributed by atoms with Crippen LogP contribution in [-0.2, 0) is 13.0 Å². The minimum atomic E-state index is -4.80. The molecule has 0 bridgehead atoms. The second kappa shape index (κ2) is 15.3. The number of carbonyl (C=O) groups excluding carboxylic acids is 2. The number of nitrogens with zero attached hydrogens (tertiary/aromatic N) is 1. The molecule has 1 unspecified atom stereocenters. The van der Waals surface area contributed by atoms with E-state index in [1.807, 2.05) is 72.5 Å². The summed E-state index contributed by atoms with van der Waals surface area (Å²) in [6, 6.07) is 29.3. The second-order valence-electron chi connectivity index (χ2n) is 11.8. The molecule has 1 aliphatic heterocycles. The molecule has 5 rings (SSSR count). The molecule has 0 aromatic heterocycles. The van der Waals surface area contributed by atoms with E-state index in [4.69, 9.17) is 0 Å². The van der Waals surface area contributed by atoms with E-state index in [9.17, 15) is 27.9 Å². The van der Waals surface area contributed by atoms with Crippen LogP contribution >= 0.6 is 0 Å². The molecule has 10 heteroatoms. The Morgan fingerprint density at radius 1 is 0.915 bits per heavy atom. The van der Waals surface area contributed by atoms with Gasteiger partial charge in [0.1, 0.15) is 5.75 Å². The lowest BCUT2D eigenvalue weighted by atomic mass is 9.99. The molecule has 4 aromatic carbocycles. The highest BCUT2D eigenvalue weighted by atomic mass is 19.4. The number of hydrogen-bond donors (Lipinski definition) is 3. The van der Waals surface area contributed by atoms with Gasteiger partial charge in [0, 0.05) is 30.8 Å². The van der Waals surface area contributed by atoms with Crippen LogP contribution in [0.5, 0.6) is 5.75 Å². The van der Waals surface area contributed by atoms with E-state index in [2.05, 4.69) is 15.4 Å². The van der Waals surface area contributed by atoms with Crippen molar-refractivity contribution in [3.05, 3.63) is 137 Å². The third kappa shape index (κ3) is 9.43. The van der Waals surface area contributed by atoms with Gasteiger partial charge in [-0.15, -0.1) is 13.2 Å². The van der Waals surface area contributed by atoms with Crippen molar-refractivity contribution in [2.75, 3.05) is 13.1 Å². The molecule has 3 N–H and O–H groups in total. The van der Waals surface area contributed by atoms with E-state index in [0.717, 1.165) is 29.5 Å². The molecule has 246 valence electrons. The van der Waals surface area contributed by atoms with Crippen LogP contribution in [0.4, 0.5) is 13.2 Å². The maximum atomic E-state index is 13.7. The topological polar surface area (TPSA) is 90.9 Å². The van der Waals surface area contributed by atoms with E-state index in [0.29, 0.717) is 29.7 Å². The van der Waals surface area contributed by atoms with Crippen molar-refractivity contribution in [1.29, 1.82) is 0 Å². The van der Waals surface area contributed by atoms with Crippen molar-refractivity contribution in [2.24, 2.45) is 0 Å². The van der Waals surface area contributed by atoms with Crippen molar-refractivity contribution in [1.82, 2.24) is 15.5 Å². The van der Waals surface area contributed by atoms with Crippen molar-refractivity contribution >= 4 is 11.8 Å². The molecule has 2 amide bonds. The van der Waals surface area contributed by atoms with Crippen molar-refractivity contribution in [3.63, 3.8) is 0 Å². The average Bonchev–Trinajstić information content (AvgIpc) is 3.54. The molecule has 47 heavy (non-hydrogen) atoms. The van der Waals surface area contributed by atoms with E-state index in [-0.39, 0.29) is 30.8 Å². The molecular formula is C37H38F3N3O4. The third-order valence-electron chi connectivity index (χ3n) is 8.18. The summed E-state index contributed by atoms with van der Waals surface area (Å²) in [5, 5.41) is 17.2. The smallest absolute Gasteiger partial charge is 0.406 e. The lowest BCUT2D eigenvalue weighted by molar-refractivity contribution is -0.274. The Labute approximate surface area is 272 Å². The van der Waals surface area contributed by atoms with Crippen LogP contribution in [0.1, 0.15) is 61.9 Å². The number of amides is 2. The maximum absolute atomic E-state index is 13.7. The number of rotatable bonds is 12. The number of aryl methyl sites for hydroxylation is 1. The van der Waals surface area contributed by atoms with Gasteiger partial charge in [-0.2, -0.15) is 0 Å². The van der Waals surface area contributed by atoms with Crippen molar-refractivity contribution < 1.29 is 32.6 Å². The fourth-order valence-electron chi connectivity index (χ4n) is 6.00. The zero-order chi connectivity index (χ0) is 33.4. The molecule has 0 aliphatic carbocycles. The lowest BCUT2D eigenvalue weighted by Crippen LogP contribution is -2.48. The Hall–Kier alpha value is -4.67. The van der Waals surface area contributed by atoms with Crippen LogP contribution < -0.4 is 15.4 Å². The molecule has 1 heterocycles. The normalized spacial score (nSPS) is 16.0. The van der Waals surface area contributed by atoms with Gasteiger partial charge in [0.25, 0.3) is 11.8 Å². The van der Waals surface area contributed by atoms with Gasteiger partial charge in [-0.1, -0.05) is 72.8 Å². The lowest BCUT2D eigenvalue weighted by Gasteiger charge is -2.26. The number of ether oxygens (including phenoxy) is 1. The molecular weight excluding hydrogens is 607 g/mol. The number of nitrogens with one attached hydrogen (secondary N) is 2. The van der Waals surface area contributed by atoms with E-state index in [1.54, 1.807) is 24.3 Å². The summed E-state index contributed by atoms with van der Waals surface area (Å²) in [6.07, 6.45) is -3.75. The monoisotopic (exact) mass is 645 g/mol. The largest absolute Gasteiger partial charge is 0.573 e. The van der Waals surface area contributed by atoms with Gasteiger partial charge in [0.15, 0.2) is 0 Å². The molecule has 1 aliphatic rings. The summed E-state index contributed by atoms with van der Waals surface area (Å²) in [6.45, 7) is 2.69. The molecule has 0 saturated carbocycles. The van der Waals surface area contributed by atoms with Gasteiger partial charge in [0.05, 0.1) is 18.2 Å². The zero-order valence-corrected chi connectivity index (χ0v) is 26.0. The summed E-state index contributed by atoms with van der Waals surface area (Å²) in [7, 11) is 0. The number of benzene rings is 4. The molecule has 7 nitrogen and oxygen atoms in total. The van der Waals surface area contributed by atoms with E-state index >= 15 is 0 Å². The standard InChI is InChI=1S/C37H38F3N3O4/c1-25-18-29(22-30(19-25)36(46)43-17-9-16-33(43)28-13-6-3-7-14-28)35(45)42-32(21-26-10-4-2-5-11-26)34(44)24-41-23-27-12-8-15-31(20-27)47-37(38,39)40/h2-8,10-15,18-20,22,32-34,41,44H,9,16-17,21,23-24H2,1H3,(H,42,45)/t32-,33?,34-/m0/s1. The number of aliphatic hydroxyl groups is 1. The summed E-state index contributed by atoms with van der Waals surface area (Å²) in [4.78, 5) is 29.3. The predicted molar refractivity (Wildman–Crippen MR) is 173 cm³/mol. The third-order valence-corrected chi connectivity index (χ3v) is 8.18. The number of alkyl halides is 3. The van der Waals surface area contributed by atoms with E-state index in [1.165, 1.54) is 18.2 Å². The number of aliphatic hydroxyl groups excluding tert-OH is 1. The zero-order valence-electron chi connectivity index (χ0n) is 26.0. The molecule has 1 saturated heterocycles. The first-order valence-electron chi connectivity index (χ1n) is 15.6. The number of hydrogen-bond acceptors (Lipinski definition) is 5. The Kier molecular flexibility index (Phi) is 11.0. The molecule has 4 aromatic rings. The van der Waals surface area contributed by atoms with Crippen LogP contribution in [-0.4, -0.2) is 53.4 Å². The Morgan fingerprint density at radius 2 is 1.60 bits per heavy atom.